The molecule has 5 heteroatoms. The molecule has 1 aliphatic rings. The highest BCUT2D eigenvalue weighted by molar-refractivity contribution is 9.11. The standard InChI is InChI=1S/C14H25BrN2O2/c1-13(2)7-10(8-14(3,4)17(13)5)16-12(18)11(9-15)19-6/h9-10H,7-8H2,1-6H3,(H,16,18)/b11-9-. The van der Waals surface area contributed by atoms with Crippen LogP contribution in [0.4, 0.5) is 0 Å². The number of carbonyl (C=O) groups is 1. The molecule has 0 atom stereocenters. The van der Waals surface area contributed by atoms with Gasteiger partial charge in [-0.05, 0) is 47.6 Å². The maximum absolute atomic E-state index is 12.0. The van der Waals surface area contributed by atoms with Gasteiger partial charge in [0.15, 0.2) is 5.76 Å². The fraction of sp³-hybridized carbons (Fsp3) is 0.786. The number of hydrogen-bond acceptors (Lipinski definition) is 3. The van der Waals surface area contributed by atoms with Crippen LogP contribution in [0, 0.1) is 0 Å². The zero-order valence-corrected chi connectivity index (χ0v) is 14.3. The lowest BCUT2D eigenvalue weighted by atomic mass is 9.77. The molecule has 0 aliphatic carbocycles. The Labute approximate surface area is 124 Å². The first-order chi connectivity index (χ1) is 8.64. The van der Waals surface area contributed by atoms with Crippen molar-refractivity contribution in [2.45, 2.75) is 57.7 Å². The molecule has 0 unspecified atom stereocenters. The van der Waals surface area contributed by atoms with Gasteiger partial charge in [-0.3, -0.25) is 9.69 Å². The van der Waals surface area contributed by atoms with Gasteiger partial charge in [-0.2, -0.15) is 0 Å². The quantitative estimate of drug-likeness (QED) is 0.638. The molecule has 1 rings (SSSR count). The normalized spacial score (nSPS) is 24.1. The summed E-state index contributed by atoms with van der Waals surface area (Å²) in [6.07, 6.45) is 1.86. The van der Waals surface area contributed by atoms with Gasteiger partial charge in [0.25, 0.3) is 5.91 Å². The summed E-state index contributed by atoms with van der Waals surface area (Å²) in [4.78, 5) is 15.9. The van der Waals surface area contributed by atoms with E-state index < -0.39 is 0 Å². The van der Waals surface area contributed by atoms with Crippen LogP contribution in [0.1, 0.15) is 40.5 Å². The third-order valence-corrected chi connectivity index (χ3v) is 4.60. The van der Waals surface area contributed by atoms with E-state index in [4.69, 9.17) is 4.74 Å². The van der Waals surface area contributed by atoms with Crippen LogP contribution in [0.5, 0.6) is 0 Å². The first-order valence-corrected chi connectivity index (χ1v) is 7.45. The van der Waals surface area contributed by atoms with Gasteiger partial charge >= 0.3 is 0 Å². The Morgan fingerprint density at radius 1 is 1.32 bits per heavy atom. The minimum atomic E-state index is -0.166. The molecule has 1 amide bonds. The molecule has 1 aliphatic heterocycles. The van der Waals surface area contributed by atoms with Crippen molar-refractivity contribution in [3.8, 4) is 0 Å². The second kappa shape index (κ2) is 5.83. The van der Waals surface area contributed by atoms with Crippen LogP contribution in [0.15, 0.2) is 10.7 Å². The highest BCUT2D eigenvalue weighted by Gasteiger charge is 2.43. The van der Waals surface area contributed by atoms with Crippen molar-refractivity contribution in [2.24, 2.45) is 0 Å². The third-order valence-electron chi connectivity index (χ3n) is 4.19. The number of halogens is 1. The van der Waals surface area contributed by atoms with E-state index in [0.717, 1.165) is 12.8 Å². The molecule has 0 radical (unpaired) electrons. The fourth-order valence-electron chi connectivity index (χ4n) is 2.92. The summed E-state index contributed by atoms with van der Waals surface area (Å²) < 4.78 is 5.02. The van der Waals surface area contributed by atoms with Gasteiger partial charge in [0, 0.05) is 22.1 Å². The van der Waals surface area contributed by atoms with Crippen LogP contribution in [0.25, 0.3) is 0 Å². The molecular formula is C14H25BrN2O2. The number of nitrogens with zero attached hydrogens (tertiary/aromatic N) is 1. The number of methoxy groups -OCH3 is 1. The Morgan fingerprint density at radius 3 is 2.16 bits per heavy atom. The van der Waals surface area contributed by atoms with E-state index in [1.807, 2.05) is 0 Å². The van der Waals surface area contributed by atoms with Crippen LogP contribution in [0.2, 0.25) is 0 Å². The second-order valence-corrected chi connectivity index (χ2v) is 6.90. The summed E-state index contributed by atoms with van der Waals surface area (Å²) in [7, 11) is 3.65. The van der Waals surface area contributed by atoms with Crippen molar-refractivity contribution in [1.29, 1.82) is 0 Å². The predicted molar refractivity (Wildman–Crippen MR) is 81.1 cm³/mol. The maximum atomic E-state index is 12.0. The summed E-state index contributed by atoms with van der Waals surface area (Å²) in [6, 6.07) is 0.159. The van der Waals surface area contributed by atoms with E-state index in [9.17, 15) is 4.79 Å². The highest BCUT2D eigenvalue weighted by Crippen LogP contribution is 2.36. The van der Waals surface area contributed by atoms with Gasteiger partial charge in [-0.25, -0.2) is 0 Å². The number of likely N-dealkylation sites (tertiary alicyclic amines) is 1. The van der Waals surface area contributed by atoms with Crippen molar-refractivity contribution in [3.63, 3.8) is 0 Å². The smallest absolute Gasteiger partial charge is 0.287 e. The van der Waals surface area contributed by atoms with Gasteiger partial charge in [-0.1, -0.05) is 15.9 Å². The Hall–Kier alpha value is -0.550. The summed E-state index contributed by atoms with van der Waals surface area (Å²) in [5.41, 5.74) is 0.121. The molecule has 1 N–H and O–H groups in total. The molecule has 0 saturated carbocycles. The molecule has 0 aromatic carbocycles. The van der Waals surface area contributed by atoms with Gasteiger partial charge in [0.05, 0.1) is 7.11 Å². The fourth-order valence-corrected chi connectivity index (χ4v) is 3.31. The van der Waals surface area contributed by atoms with Gasteiger partial charge in [0.2, 0.25) is 0 Å². The van der Waals surface area contributed by atoms with Gasteiger partial charge in [-0.15, -0.1) is 0 Å². The van der Waals surface area contributed by atoms with E-state index in [1.165, 1.54) is 12.1 Å². The maximum Gasteiger partial charge on any atom is 0.287 e. The average molecular weight is 333 g/mol. The van der Waals surface area contributed by atoms with Crippen LogP contribution in [0.3, 0.4) is 0 Å². The summed E-state index contributed by atoms with van der Waals surface area (Å²) in [6.45, 7) is 8.85. The molecule has 0 bridgehead atoms. The number of hydrogen-bond donors (Lipinski definition) is 1. The largest absolute Gasteiger partial charge is 0.491 e. The molecule has 0 spiro atoms. The molecule has 0 aromatic heterocycles. The zero-order valence-electron chi connectivity index (χ0n) is 12.7. The van der Waals surface area contributed by atoms with Crippen LogP contribution < -0.4 is 5.32 Å². The lowest BCUT2D eigenvalue weighted by Crippen LogP contribution is -2.62. The van der Waals surface area contributed by atoms with Gasteiger partial charge in [0.1, 0.15) is 0 Å². The lowest BCUT2D eigenvalue weighted by molar-refractivity contribution is -0.122. The second-order valence-electron chi connectivity index (χ2n) is 6.44. The Kier molecular flexibility index (Phi) is 5.07. The van der Waals surface area contributed by atoms with E-state index in [0.29, 0.717) is 5.76 Å². The summed E-state index contributed by atoms with van der Waals surface area (Å²) >= 11 is 3.14. The van der Waals surface area contributed by atoms with E-state index in [2.05, 4.69) is 60.9 Å². The summed E-state index contributed by atoms with van der Waals surface area (Å²) in [5, 5.41) is 3.06. The van der Waals surface area contributed by atoms with Crippen molar-refractivity contribution in [2.75, 3.05) is 14.2 Å². The van der Waals surface area contributed by atoms with Crippen LogP contribution in [-0.4, -0.2) is 42.1 Å². The van der Waals surface area contributed by atoms with Gasteiger partial charge < -0.3 is 10.1 Å². The molecule has 1 saturated heterocycles. The number of piperidine rings is 1. The SMILES string of the molecule is CO/C(=C\Br)C(=O)NC1CC(C)(C)N(C)C(C)(C)C1. The Balaban J connectivity index is 2.79. The Morgan fingerprint density at radius 2 is 1.79 bits per heavy atom. The third kappa shape index (κ3) is 3.72. The summed E-state index contributed by atoms with van der Waals surface area (Å²) in [5.74, 6) is 0.134. The molecule has 0 aromatic rings. The Bertz CT molecular complexity index is 360. The van der Waals surface area contributed by atoms with Crippen molar-refractivity contribution in [3.05, 3.63) is 10.7 Å². The minimum absolute atomic E-state index is 0.0606. The monoisotopic (exact) mass is 332 g/mol. The van der Waals surface area contributed by atoms with Crippen LogP contribution >= 0.6 is 15.9 Å². The predicted octanol–water partition coefficient (Wildman–Crippen LogP) is 2.64. The average Bonchev–Trinajstić information content (AvgIpc) is 2.26. The number of amides is 1. The minimum Gasteiger partial charge on any atom is -0.491 e. The molecule has 110 valence electrons. The van der Waals surface area contributed by atoms with Crippen molar-refractivity contribution >= 4 is 21.8 Å². The topological polar surface area (TPSA) is 41.6 Å². The number of carbonyl (C=O) groups excluding carboxylic acids is 1. The molecule has 1 heterocycles. The number of rotatable bonds is 3. The first-order valence-electron chi connectivity index (χ1n) is 6.53. The van der Waals surface area contributed by atoms with E-state index >= 15 is 0 Å². The molecule has 19 heavy (non-hydrogen) atoms. The van der Waals surface area contributed by atoms with Crippen molar-refractivity contribution < 1.29 is 9.53 Å². The van der Waals surface area contributed by atoms with Crippen molar-refractivity contribution in [1.82, 2.24) is 10.2 Å². The van der Waals surface area contributed by atoms with E-state index in [-0.39, 0.29) is 23.0 Å². The van der Waals surface area contributed by atoms with E-state index in [1.54, 1.807) is 0 Å². The molecule has 4 nitrogen and oxygen atoms in total. The van der Waals surface area contributed by atoms with Crippen LogP contribution in [-0.2, 0) is 9.53 Å². The number of nitrogens with one attached hydrogen (secondary N) is 1. The zero-order chi connectivity index (χ0) is 14.8. The molecule has 1 fully saturated rings. The number of ether oxygens (including phenoxy) is 1. The molecular weight excluding hydrogens is 308 g/mol. The first kappa shape index (κ1) is 16.5. The highest BCUT2D eigenvalue weighted by atomic mass is 79.9. The lowest BCUT2D eigenvalue weighted by Gasteiger charge is -2.53.